The van der Waals surface area contributed by atoms with Gasteiger partial charge in [0.1, 0.15) is 0 Å². The number of carbonyl (C=O) groups is 1. The Morgan fingerprint density at radius 3 is 2.33 bits per heavy atom. The molecule has 0 rings (SSSR count). The minimum Gasteiger partial charge on any atom is -0.443 e. The number of allylic oxidation sites excluding steroid dienone is 1. The molecule has 0 N–H and O–H groups in total. The van der Waals surface area contributed by atoms with Crippen LogP contribution in [0.15, 0.2) is 11.6 Å². The first-order valence-electron chi connectivity index (χ1n) is 3.99. The molecule has 0 saturated heterocycles. The fraction of sp³-hybridized carbons (Fsp3) is 0.667. The average Bonchev–Trinajstić information content (AvgIpc) is 2.02. The molecular formula is C9H17NO2. The molecule has 0 aromatic heterocycles. The Bertz CT molecular complexity index is 185. The quantitative estimate of drug-likeness (QED) is 0.365. The summed E-state index contributed by atoms with van der Waals surface area (Å²) < 4.78 is 5.08. The van der Waals surface area contributed by atoms with Crippen LogP contribution < -0.4 is 0 Å². The van der Waals surface area contributed by atoms with E-state index in [0.29, 0.717) is 5.57 Å². The van der Waals surface area contributed by atoms with Crippen LogP contribution in [0, 0.1) is 0 Å². The molecule has 70 valence electrons. The molecule has 0 saturated carbocycles. The number of esters is 1. The van der Waals surface area contributed by atoms with Gasteiger partial charge in [-0.25, -0.2) is 4.79 Å². The number of hydrogen-bond donors (Lipinski definition) is 0. The number of hydrogen-bond acceptors (Lipinski definition) is 3. The summed E-state index contributed by atoms with van der Waals surface area (Å²) in [5.41, 5.74) is 0.642. The van der Waals surface area contributed by atoms with Gasteiger partial charge in [-0.05, 0) is 34.9 Å². The van der Waals surface area contributed by atoms with E-state index in [2.05, 4.69) is 0 Å². The lowest BCUT2D eigenvalue weighted by atomic mass is 10.3. The first-order valence-corrected chi connectivity index (χ1v) is 3.99. The Balaban J connectivity index is 4.02. The van der Waals surface area contributed by atoms with E-state index >= 15 is 0 Å². The standard InChI is InChI=1S/C9H17NO2/c1-6-7(2)9(11)12-8(3)10(4)5/h6,8H,1-5H3. The summed E-state index contributed by atoms with van der Waals surface area (Å²) in [5, 5.41) is 0. The van der Waals surface area contributed by atoms with E-state index in [9.17, 15) is 4.79 Å². The monoisotopic (exact) mass is 171 g/mol. The van der Waals surface area contributed by atoms with Gasteiger partial charge in [-0.3, -0.25) is 4.90 Å². The average molecular weight is 171 g/mol. The van der Waals surface area contributed by atoms with Gasteiger partial charge >= 0.3 is 5.97 Å². The minimum atomic E-state index is -0.251. The molecule has 0 aliphatic rings. The summed E-state index contributed by atoms with van der Waals surface area (Å²) in [6.45, 7) is 5.39. The maximum Gasteiger partial charge on any atom is 0.334 e. The van der Waals surface area contributed by atoms with Crippen molar-refractivity contribution < 1.29 is 9.53 Å². The third-order valence-corrected chi connectivity index (χ3v) is 1.76. The van der Waals surface area contributed by atoms with Crippen molar-refractivity contribution in [1.29, 1.82) is 0 Å². The van der Waals surface area contributed by atoms with Gasteiger partial charge in [0, 0.05) is 5.57 Å². The second-order valence-electron chi connectivity index (χ2n) is 2.94. The van der Waals surface area contributed by atoms with Crippen LogP contribution in [0.4, 0.5) is 0 Å². The maximum absolute atomic E-state index is 11.2. The van der Waals surface area contributed by atoms with E-state index in [1.54, 1.807) is 13.0 Å². The highest BCUT2D eigenvalue weighted by molar-refractivity contribution is 5.87. The number of ether oxygens (including phenoxy) is 1. The molecular weight excluding hydrogens is 154 g/mol. The van der Waals surface area contributed by atoms with Crippen LogP contribution in [0.25, 0.3) is 0 Å². The zero-order valence-corrected chi connectivity index (χ0v) is 8.42. The predicted octanol–water partition coefficient (Wildman–Crippen LogP) is 1.40. The summed E-state index contributed by atoms with van der Waals surface area (Å²) in [4.78, 5) is 13.0. The van der Waals surface area contributed by atoms with Crippen molar-refractivity contribution >= 4 is 5.97 Å². The van der Waals surface area contributed by atoms with Gasteiger partial charge in [0.2, 0.25) is 0 Å². The normalized spacial score (nSPS) is 14.7. The maximum atomic E-state index is 11.2. The Morgan fingerprint density at radius 2 is 2.00 bits per heavy atom. The van der Waals surface area contributed by atoms with Crippen LogP contribution >= 0.6 is 0 Å². The Hall–Kier alpha value is -0.830. The molecule has 0 bridgehead atoms. The molecule has 0 aliphatic heterocycles. The summed E-state index contributed by atoms with van der Waals surface area (Å²) >= 11 is 0. The van der Waals surface area contributed by atoms with Crippen LogP contribution in [0.2, 0.25) is 0 Å². The SMILES string of the molecule is CC=C(C)C(=O)OC(C)N(C)C. The molecule has 3 heteroatoms. The molecule has 0 heterocycles. The van der Waals surface area contributed by atoms with Crippen molar-refractivity contribution in [3.8, 4) is 0 Å². The lowest BCUT2D eigenvalue weighted by molar-refractivity contribution is -0.150. The number of nitrogens with zero attached hydrogens (tertiary/aromatic N) is 1. The van der Waals surface area contributed by atoms with Crippen molar-refractivity contribution in [1.82, 2.24) is 4.90 Å². The van der Waals surface area contributed by atoms with Crippen molar-refractivity contribution in [3.05, 3.63) is 11.6 Å². The lowest BCUT2D eigenvalue weighted by Gasteiger charge is -2.19. The summed E-state index contributed by atoms with van der Waals surface area (Å²) in [5.74, 6) is -0.251. The third-order valence-electron chi connectivity index (χ3n) is 1.76. The fourth-order valence-corrected chi connectivity index (χ4v) is 0.471. The zero-order valence-electron chi connectivity index (χ0n) is 8.42. The van der Waals surface area contributed by atoms with Crippen LogP contribution in [-0.4, -0.2) is 31.2 Å². The second-order valence-corrected chi connectivity index (χ2v) is 2.94. The lowest BCUT2D eigenvalue weighted by Crippen LogP contribution is -2.30. The van der Waals surface area contributed by atoms with Gasteiger partial charge in [-0.1, -0.05) is 6.08 Å². The summed E-state index contributed by atoms with van der Waals surface area (Å²) in [7, 11) is 3.73. The molecule has 1 unspecified atom stereocenters. The highest BCUT2D eigenvalue weighted by Gasteiger charge is 2.11. The largest absolute Gasteiger partial charge is 0.443 e. The van der Waals surface area contributed by atoms with Gasteiger partial charge in [-0.2, -0.15) is 0 Å². The molecule has 12 heavy (non-hydrogen) atoms. The second kappa shape index (κ2) is 4.93. The Morgan fingerprint density at radius 1 is 1.50 bits per heavy atom. The van der Waals surface area contributed by atoms with E-state index in [0.717, 1.165) is 0 Å². The van der Waals surface area contributed by atoms with E-state index in [1.165, 1.54) is 0 Å². The van der Waals surface area contributed by atoms with Crippen LogP contribution in [-0.2, 0) is 9.53 Å². The van der Waals surface area contributed by atoms with Gasteiger partial charge < -0.3 is 4.74 Å². The Labute approximate surface area is 74.0 Å². The molecule has 0 amide bonds. The van der Waals surface area contributed by atoms with E-state index in [4.69, 9.17) is 4.74 Å². The highest BCUT2D eigenvalue weighted by atomic mass is 16.6. The molecule has 0 aromatic carbocycles. The van der Waals surface area contributed by atoms with E-state index in [-0.39, 0.29) is 12.2 Å². The molecule has 0 spiro atoms. The number of rotatable bonds is 3. The van der Waals surface area contributed by atoms with Crippen molar-refractivity contribution in [2.45, 2.75) is 27.0 Å². The predicted molar refractivity (Wildman–Crippen MR) is 48.7 cm³/mol. The first-order chi connectivity index (χ1) is 5.49. The number of carbonyl (C=O) groups excluding carboxylic acids is 1. The Kier molecular flexibility index (Phi) is 4.59. The van der Waals surface area contributed by atoms with Crippen molar-refractivity contribution in [2.75, 3.05) is 14.1 Å². The fourth-order valence-electron chi connectivity index (χ4n) is 0.471. The molecule has 0 aromatic rings. The third kappa shape index (κ3) is 3.53. The summed E-state index contributed by atoms with van der Waals surface area (Å²) in [6.07, 6.45) is 1.57. The van der Waals surface area contributed by atoms with Gasteiger partial charge in [0.05, 0.1) is 0 Å². The first kappa shape index (κ1) is 11.2. The minimum absolute atomic E-state index is 0.174. The van der Waals surface area contributed by atoms with Crippen LogP contribution in [0.1, 0.15) is 20.8 Å². The van der Waals surface area contributed by atoms with Gasteiger partial charge in [0.25, 0.3) is 0 Å². The smallest absolute Gasteiger partial charge is 0.334 e. The molecule has 3 nitrogen and oxygen atoms in total. The topological polar surface area (TPSA) is 29.5 Å². The molecule has 1 atom stereocenters. The molecule has 0 fully saturated rings. The molecule has 0 aliphatic carbocycles. The van der Waals surface area contributed by atoms with Crippen molar-refractivity contribution in [3.63, 3.8) is 0 Å². The van der Waals surface area contributed by atoms with E-state index in [1.807, 2.05) is 32.8 Å². The van der Waals surface area contributed by atoms with Crippen molar-refractivity contribution in [2.24, 2.45) is 0 Å². The zero-order chi connectivity index (χ0) is 9.72. The van der Waals surface area contributed by atoms with E-state index < -0.39 is 0 Å². The van der Waals surface area contributed by atoms with Gasteiger partial charge in [0.15, 0.2) is 6.23 Å². The molecule has 0 radical (unpaired) electrons. The van der Waals surface area contributed by atoms with Crippen LogP contribution in [0.3, 0.4) is 0 Å². The van der Waals surface area contributed by atoms with Crippen LogP contribution in [0.5, 0.6) is 0 Å². The van der Waals surface area contributed by atoms with Gasteiger partial charge in [-0.15, -0.1) is 0 Å². The summed E-state index contributed by atoms with van der Waals surface area (Å²) in [6, 6.07) is 0. The highest BCUT2D eigenvalue weighted by Crippen LogP contribution is 2.01.